The minimum atomic E-state index is -0.168. The lowest BCUT2D eigenvalue weighted by molar-refractivity contribution is 0.101. The van der Waals surface area contributed by atoms with E-state index in [1.54, 1.807) is 12.3 Å². The van der Waals surface area contributed by atoms with Crippen molar-refractivity contribution in [2.24, 2.45) is 0 Å². The molecule has 0 radical (unpaired) electrons. The third kappa shape index (κ3) is 2.96. The first-order valence-electron chi connectivity index (χ1n) is 6.22. The number of hydrogen-bond acceptors (Lipinski definition) is 4. The van der Waals surface area contributed by atoms with Crippen molar-refractivity contribution in [1.29, 1.82) is 0 Å². The Morgan fingerprint density at radius 2 is 2.26 bits per heavy atom. The molecule has 0 fully saturated rings. The summed E-state index contributed by atoms with van der Waals surface area (Å²) < 4.78 is 1.87. The van der Waals surface area contributed by atoms with E-state index in [4.69, 9.17) is 5.73 Å². The van der Waals surface area contributed by atoms with Gasteiger partial charge in [0.05, 0.1) is 11.4 Å². The number of rotatable bonds is 4. The highest BCUT2D eigenvalue weighted by Gasteiger charge is 2.14. The van der Waals surface area contributed by atoms with Gasteiger partial charge in [-0.1, -0.05) is 6.92 Å². The molecule has 0 aliphatic carbocycles. The molecule has 6 heteroatoms. The summed E-state index contributed by atoms with van der Waals surface area (Å²) in [5, 5.41) is 3.45. The molecule has 0 saturated heterocycles. The van der Waals surface area contributed by atoms with Crippen LogP contribution >= 0.6 is 11.3 Å². The van der Waals surface area contributed by atoms with Crippen LogP contribution in [0.4, 0.5) is 10.8 Å². The van der Waals surface area contributed by atoms with Gasteiger partial charge in [0, 0.05) is 17.6 Å². The molecule has 102 valence electrons. The van der Waals surface area contributed by atoms with Crippen LogP contribution in [0.5, 0.6) is 0 Å². The van der Waals surface area contributed by atoms with E-state index in [0.29, 0.717) is 16.5 Å². The third-order valence-electron chi connectivity index (χ3n) is 2.86. The first-order valence-corrected chi connectivity index (χ1v) is 7.04. The minimum absolute atomic E-state index is 0.168. The largest absolute Gasteiger partial charge is 0.397 e. The number of nitrogens with two attached hydrogens (primary N) is 1. The molecule has 0 saturated carbocycles. The molecule has 0 aliphatic rings. The lowest BCUT2D eigenvalue weighted by atomic mass is 10.3. The molecular weight excluding hydrogens is 260 g/mol. The summed E-state index contributed by atoms with van der Waals surface area (Å²) in [5.74, 6) is -0.168. The second-order valence-electron chi connectivity index (χ2n) is 4.47. The quantitative estimate of drug-likeness (QED) is 0.903. The molecule has 0 atom stereocenters. The maximum absolute atomic E-state index is 12.2. The molecule has 0 unspecified atom stereocenters. The highest BCUT2D eigenvalue weighted by Crippen LogP contribution is 2.22. The van der Waals surface area contributed by atoms with Gasteiger partial charge < -0.3 is 10.3 Å². The zero-order valence-electron chi connectivity index (χ0n) is 11.4. The molecule has 0 spiro atoms. The summed E-state index contributed by atoms with van der Waals surface area (Å²) in [6.07, 6.45) is 2.74. The highest BCUT2D eigenvalue weighted by molar-refractivity contribution is 7.15. The van der Waals surface area contributed by atoms with Gasteiger partial charge >= 0.3 is 0 Å². The summed E-state index contributed by atoms with van der Waals surface area (Å²) in [4.78, 5) is 17.6. The third-order valence-corrected chi connectivity index (χ3v) is 3.85. The van der Waals surface area contributed by atoms with Gasteiger partial charge in [0.1, 0.15) is 5.69 Å². The summed E-state index contributed by atoms with van der Waals surface area (Å²) in [6.45, 7) is 6.75. The number of carbonyl (C=O) groups is 1. The predicted octanol–water partition coefficient (Wildman–Crippen LogP) is 2.81. The fraction of sp³-hybridized carbons (Fsp3) is 0.385. The van der Waals surface area contributed by atoms with E-state index in [0.717, 1.165) is 23.5 Å². The van der Waals surface area contributed by atoms with E-state index in [1.165, 1.54) is 11.3 Å². The predicted molar refractivity (Wildman–Crippen MR) is 78.7 cm³/mol. The Labute approximate surface area is 116 Å². The van der Waals surface area contributed by atoms with Crippen molar-refractivity contribution < 1.29 is 4.79 Å². The van der Waals surface area contributed by atoms with Crippen molar-refractivity contribution in [3.63, 3.8) is 0 Å². The first-order chi connectivity index (χ1) is 9.01. The lowest BCUT2D eigenvalue weighted by Gasteiger charge is -2.06. The molecule has 2 aromatic heterocycles. The van der Waals surface area contributed by atoms with Crippen LogP contribution in [0.2, 0.25) is 0 Å². The molecule has 19 heavy (non-hydrogen) atoms. The van der Waals surface area contributed by atoms with Crippen molar-refractivity contribution in [1.82, 2.24) is 9.55 Å². The van der Waals surface area contributed by atoms with Crippen LogP contribution in [-0.4, -0.2) is 15.5 Å². The number of nitrogens with zero attached hydrogens (tertiary/aromatic N) is 2. The van der Waals surface area contributed by atoms with Crippen LogP contribution in [0.3, 0.4) is 0 Å². The number of aromatic nitrogens is 2. The molecule has 0 aliphatic heterocycles. The van der Waals surface area contributed by atoms with Crippen LogP contribution in [-0.2, 0) is 6.54 Å². The SMILES string of the molecule is CCCn1cc(N)cc1C(=O)Nc1nc(C)c(C)s1. The molecule has 2 aromatic rings. The van der Waals surface area contributed by atoms with Gasteiger partial charge in [-0.15, -0.1) is 11.3 Å². The summed E-state index contributed by atoms with van der Waals surface area (Å²) >= 11 is 1.48. The van der Waals surface area contributed by atoms with Crippen molar-refractivity contribution >= 4 is 28.1 Å². The number of nitrogen functional groups attached to an aromatic ring is 1. The monoisotopic (exact) mass is 278 g/mol. The van der Waals surface area contributed by atoms with Crippen LogP contribution in [0.15, 0.2) is 12.3 Å². The normalized spacial score (nSPS) is 10.7. The second-order valence-corrected chi connectivity index (χ2v) is 5.67. The van der Waals surface area contributed by atoms with Gasteiger partial charge in [-0.25, -0.2) is 4.98 Å². The number of thiazole rings is 1. The molecule has 5 nitrogen and oxygen atoms in total. The lowest BCUT2D eigenvalue weighted by Crippen LogP contribution is -2.16. The van der Waals surface area contributed by atoms with Crippen LogP contribution in [0.1, 0.15) is 34.4 Å². The smallest absolute Gasteiger partial charge is 0.274 e. The van der Waals surface area contributed by atoms with Crippen LogP contribution in [0, 0.1) is 13.8 Å². The van der Waals surface area contributed by atoms with Gasteiger partial charge in [-0.2, -0.15) is 0 Å². The summed E-state index contributed by atoms with van der Waals surface area (Å²) in [5.41, 5.74) is 7.88. The number of aryl methyl sites for hydroxylation is 3. The summed E-state index contributed by atoms with van der Waals surface area (Å²) in [6, 6.07) is 1.69. The van der Waals surface area contributed by atoms with Gasteiger partial charge in [0.2, 0.25) is 0 Å². The maximum atomic E-state index is 12.2. The van der Waals surface area contributed by atoms with E-state index in [2.05, 4.69) is 17.2 Å². The molecule has 0 aromatic carbocycles. The van der Waals surface area contributed by atoms with E-state index in [-0.39, 0.29) is 5.91 Å². The van der Waals surface area contributed by atoms with Crippen LogP contribution in [0.25, 0.3) is 0 Å². The van der Waals surface area contributed by atoms with Gasteiger partial charge in [-0.3, -0.25) is 10.1 Å². The summed E-state index contributed by atoms with van der Waals surface area (Å²) in [7, 11) is 0. The highest BCUT2D eigenvalue weighted by atomic mass is 32.1. The molecule has 2 rings (SSSR count). The Morgan fingerprint density at radius 1 is 1.53 bits per heavy atom. The Morgan fingerprint density at radius 3 is 2.84 bits per heavy atom. The Hall–Kier alpha value is -1.82. The average molecular weight is 278 g/mol. The van der Waals surface area contributed by atoms with Gasteiger partial charge in [-0.05, 0) is 26.3 Å². The molecule has 1 amide bonds. The second kappa shape index (κ2) is 5.44. The zero-order chi connectivity index (χ0) is 14.0. The fourth-order valence-corrected chi connectivity index (χ4v) is 2.65. The molecular formula is C13H18N4OS. The van der Waals surface area contributed by atoms with Crippen molar-refractivity contribution in [2.75, 3.05) is 11.1 Å². The maximum Gasteiger partial charge on any atom is 0.274 e. The first kappa shape index (κ1) is 13.6. The number of hydrogen-bond donors (Lipinski definition) is 2. The standard InChI is InChI=1S/C13H18N4OS/c1-4-5-17-7-10(14)6-11(17)12(18)16-13-15-8(2)9(3)19-13/h6-7H,4-5,14H2,1-3H3,(H,15,16,18). The number of anilines is 2. The zero-order valence-corrected chi connectivity index (χ0v) is 12.2. The number of carbonyl (C=O) groups excluding carboxylic acids is 1. The van der Waals surface area contributed by atoms with Crippen molar-refractivity contribution in [3.05, 3.63) is 28.5 Å². The average Bonchev–Trinajstić information content (AvgIpc) is 2.84. The minimum Gasteiger partial charge on any atom is -0.397 e. The molecule has 3 N–H and O–H groups in total. The Balaban J connectivity index is 2.19. The Kier molecular flexibility index (Phi) is 3.90. The van der Waals surface area contributed by atoms with E-state index in [1.807, 2.05) is 18.4 Å². The van der Waals surface area contributed by atoms with E-state index in [9.17, 15) is 4.79 Å². The van der Waals surface area contributed by atoms with E-state index < -0.39 is 0 Å². The molecule has 2 heterocycles. The Bertz CT molecular complexity index is 580. The number of amides is 1. The fourth-order valence-electron chi connectivity index (χ4n) is 1.84. The van der Waals surface area contributed by atoms with Crippen molar-refractivity contribution in [2.45, 2.75) is 33.7 Å². The van der Waals surface area contributed by atoms with Gasteiger partial charge in [0.25, 0.3) is 5.91 Å². The van der Waals surface area contributed by atoms with Crippen molar-refractivity contribution in [3.8, 4) is 0 Å². The topological polar surface area (TPSA) is 72.9 Å². The van der Waals surface area contributed by atoms with Crippen LogP contribution < -0.4 is 11.1 Å². The van der Waals surface area contributed by atoms with E-state index >= 15 is 0 Å². The number of nitrogens with one attached hydrogen (secondary N) is 1. The molecule has 0 bridgehead atoms. The van der Waals surface area contributed by atoms with Gasteiger partial charge in [0.15, 0.2) is 5.13 Å².